The lowest BCUT2D eigenvalue weighted by Gasteiger charge is -2.28. The molecule has 1 nitrogen and oxygen atoms in total. The van der Waals surface area contributed by atoms with Crippen molar-refractivity contribution in [1.82, 2.24) is 0 Å². The summed E-state index contributed by atoms with van der Waals surface area (Å²) in [6, 6.07) is 86.6. The fourth-order valence-corrected chi connectivity index (χ4v) is 11.8. The molecule has 2 aromatic heterocycles. The maximum atomic E-state index is 2.43. The summed E-state index contributed by atoms with van der Waals surface area (Å²) in [6.45, 7) is 0. The van der Waals surface area contributed by atoms with E-state index in [4.69, 9.17) is 0 Å². The molecule has 12 rings (SSSR count). The molecule has 0 amide bonds. The summed E-state index contributed by atoms with van der Waals surface area (Å²) < 4.78 is 5.25. The number of rotatable bonds is 8. The van der Waals surface area contributed by atoms with Gasteiger partial charge >= 0.3 is 0 Å². The summed E-state index contributed by atoms with van der Waals surface area (Å²) in [5.41, 5.74) is 15.4. The second kappa shape index (κ2) is 15.7. The first-order valence-corrected chi connectivity index (χ1v) is 23.0. The number of anilines is 3. The highest BCUT2D eigenvalue weighted by Crippen LogP contribution is 2.48. The van der Waals surface area contributed by atoms with Gasteiger partial charge in [0.2, 0.25) is 0 Å². The third-order valence-electron chi connectivity index (χ3n) is 12.3. The van der Waals surface area contributed by atoms with Crippen LogP contribution in [0, 0.1) is 0 Å². The molecule has 0 atom stereocenters. The summed E-state index contributed by atoms with van der Waals surface area (Å²) in [5.74, 6) is 0. The van der Waals surface area contributed by atoms with Crippen molar-refractivity contribution in [3.8, 4) is 55.6 Å². The van der Waals surface area contributed by atoms with Gasteiger partial charge in [-0.05, 0) is 93.0 Å². The Hall–Kier alpha value is -7.56. The largest absolute Gasteiger partial charge is 0.310 e. The number of fused-ring (bicyclic) bond motifs is 6. The molecule has 0 radical (unpaired) electrons. The van der Waals surface area contributed by atoms with E-state index >= 15 is 0 Å². The summed E-state index contributed by atoms with van der Waals surface area (Å²) in [4.78, 5) is 2.43. The zero-order valence-electron chi connectivity index (χ0n) is 34.3. The van der Waals surface area contributed by atoms with Crippen molar-refractivity contribution in [3.63, 3.8) is 0 Å². The molecule has 63 heavy (non-hydrogen) atoms. The van der Waals surface area contributed by atoms with E-state index < -0.39 is 0 Å². The van der Waals surface area contributed by atoms with Gasteiger partial charge in [0.1, 0.15) is 0 Å². The molecular weight excluding hydrogens is 799 g/mol. The highest BCUT2D eigenvalue weighted by Gasteiger charge is 2.21. The van der Waals surface area contributed by atoms with E-state index in [-0.39, 0.29) is 0 Å². The third kappa shape index (κ3) is 6.61. The number of benzene rings is 10. The summed E-state index contributed by atoms with van der Waals surface area (Å²) in [7, 11) is 0. The Morgan fingerprint density at radius 1 is 0.238 bits per heavy atom. The van der Waals surface area contributed by atoms with Gasteiger partial charge in [-0.2, -0.15) is 0 Å². The molecule has 0 spiro atoms. The SMILES string of the molecule is c1ccc(-c2ccc(N(c3ccc(-c4cccc5c4sc4ccccc45)c(-c4ccccc4)c3)c3ccc(-c4cccc5c4sc4ccccc45)c(-c4ccccc4)c3)cc2)cc1. The van der Waals surface area contributed by atoms with Gasteiger partial charge in [-0.15, -0.1) is 22.7 Å². The molecular formula is C60H39NS2. The first-order valence-electron chi connectivity index (χ1n) is 21.4. The Bertz CT molecular complexity index is 3400. The van der Waals surface area contributed by atoms with Crippen molar-refractivity contribution in [2.45, 2.75) is 0 Å². The van der Waals surface area contributed by atoms with E-state index in [9.17, 15) is 0 Å². The average Bonchev–Trinajstić information content (AvgIpc) is 3.94. The zero-order valence-corrected chi connectivity index (χ0v) is 35.9. The van der Waals surface area contributed by atoms with E-state index in [2.05, 4.69) is 241 Å². The number of hydrogen-bond donors (Lipinski definition) is 0. The van der Waals surface area contributed by atoms with Gasteiger partial charge in [0.25, 0.3) is 0 Å². The molecule has 0 unspecified atom stereocenters. The van der Waals surface area contributed by atoms with Crippen LogP contribution in [0.2, 0.25) is 0 Å². The van der Waals surface area contributed by atoms with Crippen molar-refractivity contribution in [2.75, 3.05) is 4.90 Å². The van der Waals surface area contributed by atoms with E-state index in [1.807, 2.05) is 22.7 Å². The van der Waals surface area contributed by atoms with Crippen LogP contribution in [-0.4, -0.2) is 0 Å². The van der Waals surface area contributed by atoms with E-state index in [1.54, 1.807) is 0 Å². The number of hydrogen-bond acceptors (Lipinski definition) is 3. The molecule has 0 bridgehead atoms. The lowest BCUT2D eigenvalue weighted by atomic mass is 9.91. The molecule has 12 aromatic rings. The molecule has 0 saturated carbocycles. The second-order valence-corrected chi connectivity index (χ2v) is 18.1. The van der Waals surface area contributed by atoms with Crippen molar-refractivity contribution in [1.29, 1.82) is 0 Å². The Kier molecular flexibility index (Phi) is 9.29. The summed E-state index contributed by atoms with van der Waals surface area (Å²) >= 11 is 3.76. The van der Waals surface area contributed by atoms with Crippen molar-refractivity contribution in [3.05, 3.63) is 237 Å². The average molecular weight is 838 g/mol. The molecule has 0 saturated heterocycles. The fraction of sp³-hybridized carbons (Fsp3) is 0. The zero-order chi connectivity index (χ0) is 41.7. The highest BCUT2D eigenvalue weighted by molar-refractivity contribution is 7.26. The molecule has 296 valence electrons. The first-order chi connectivity index (χ1) is 31.2. The molecule has 0 N–H and O–H groups in total. The van der Waals surface area contributed by atoms with Crippen LogP contribution >= 0.6 is 22.7 Å². The summed E-state index contributed by atoms with van der Waals surface area (Å²) in [6.07, 6.45) is 0. The van der Waals surface area contributed by atoms with E-state index in [0.29, 0.717) is 0 Å². The lowest BCUT2D eigenvalue weighted by Crippen LogP contribution is -2.10. The molecule has 0 fully saturated rings. The minimum absolute atomic E-state index is 1.09. The quantitative estimate of drug-likeness (QED) is 0.147. The van der Waals surface area contributed by atoms with Gasteiger partial charge in [-0.1, -0.05) is 188 Å². The van der Waals surface area contributed by atoms with Crippen LogP contribution in [0.5, 0.6) is 0 Å². The monoisotopic (exact) mass is 837 g/mol. The third-order valence-corrected chi connectivity index (χ3v) is 14.8. The fourth-order valence-electron chi connectivity index (χ4n) is 9.32. The normalized spacial score (nSPS) is 11.5. The Morgan fingerprint density at radius 3 is 1.10 bits per heavy atom. The van der Waals surface area contributed by atoms with E-state index in [0.717, 1.165) is 17.1 Å². The number of nitrogens with zero attached hydrogens (tertiary/aromatic N) is 1. The van der Waals surface area contributed by atoms with Crippen LogP contribution in [0.15, 0.2) is 237 Å². The minimum atomic E-state index is 1.09. The van der Waals surface area contributed by atoms with Crippen LogP contribution in [-0.2, 0) is 0 Å². The Labute approximate surface area is 375 Å². The smallest absolute Gasteiger partial charge is 0.0468 e. The molecule has 2 heterocycles. The van der Waals surface area contributed by atoms with Gasteiger partial charge in [0.15, 0.2) is 0 Å². The molecule has 0 aliphatic rings. The summed E-state index contributed by atoms with van der Waals surface area (Å²) in [5, 5.41) is 5.22. The van der Waals surface area contributed by atoms with Gasteiger partial charge in [0.05, 0.1) is 0 Å². The molecule has 0 aliphatic carbocycles. The predicted molar refractivity (Wildman–Crippen MR) is 274 cm³/mol. The molecule has 10 aromatic carbocycles. The Balaban J connectivity index is 1.08. The van der Waals surface area contributed by atoms with Crippen molar-refractivity contribution < 1.29 is 0 Å². The molecule has 3 heteroatoms. The first kappa shape index (κ1) is 37.2. The maximum absolute atomic E-state index is 2.43. The predicted octanol–water partition coefficient (Wildman–Crippen LogP) is 18.2. The van der Waals surface area contributed by atoms with Crippen LogP contribution in [0.3, 0.4) is 0 Å². The van der Waals surface area contributed by atoms with Gasteiger partial charge in [-0.3, -0.25) is 0 Å². The van der Waals surface area contributed by atoms with Crippen molar-refractivity contribution in [2.24, 2.45) is 0 Å². The Morgan fingerprint density at radius 2 is 0.619 bits per heavy atom. The standard InChI is InChI=1S/C60H39NS2/c1-4-16-40(17-5-1)41-30-32-44(33-31-41)61(45-34-36-47(55(38-45)42-18-6-2-7-19-42)51-24-14-26-53-49-22-10-12-28-57(49)62-59(51)53)46-35-37-48(56(39-46)43-20-8-3-9-21-43)52-25-15-27-54-50-23-11-13-29-58(50)63-60(52)54/h1-39H. The van der Waals surface area contributed by atoms with Crippen LogP contribution in [0.4, 0.5) is 17.1 Å². The van der Waals surface area contributed by atoms with E-state index in [1.165, 1.54) is 96.0 Å². The number of thiophene rings is 2. The molecule has 0 aliphatic heterocycles. The van der Waals surface area contributed by atoms with Gasteiger partial charge in [-0.25, -0.2) is 0 Å². The van der Waals surface area contributed by atoms with Gasteiger partial charge in [0, 0.05) is 68.5 Å². The topological polar surface area (TPSA) is 3.24 Å². The minimum Gasteiger partial charge on any atom is -0.310 e. The second-order valence-electron chi connectivity index (χ2n) is 16.0. The van der Waals surface area contributed by atoms with Gasteiger partial charge < -0.3 is 4.90 Å². The van der Waals surface area contributed by atoms with Crippen LogP contribution in [0.1, 0.15) is 0 Å². The maximum Gasteiger partial charge on any atom is 0.0468 e. The van der Waals surface area contributed by atoms with Crippen LogP contribution in [0.25, 0.3) is 96.0 Å². The van der Waals surface area contributed by atoms with Crippen LogP contribution < -0.4 is 4.90 Å². The van der Waals surface area contributed by atoms with Crippen molar-refractivity contribution >= 4 is 80.1 Å². The highest BCUT2D eigenvalue weighted by atomic mass is 32.1. The lowest BCUT2D eigenvalue weighted by molar-refractivity contribution is 1.28.